The number of anilines is 9. The molecule has 0 unspecified atom stereocenters. The first kappa shape index (κ1) is 96.7. The lowest BCUT2D eigenvalue weighted by molar-refractivity contribution is 0.301. The lowest BCUT2D eigenvalue weighted by atomic mass is 9.87. The highest BCUT2D eigenvalue weighted by atomic mass is 79.9. The number of nitrogens with one attached hydrogen (secondary N) is 3. The van der Waals surface area contributed by atoms with Gasteiger partial charge >= 0.3 is 0 Å². The van der Waals surface area contributed by atoms with Crippen LogP contribution in [0.4, 0.5) is 51.6 Å². The third-order valence-corrected chi connectivity index (χ3v) is 39.1. The fraction of sp³-hybridized carbons (Fsp3) is 0.517. The first-order chi connectivity index (χ1) is 67.2. The molecule has 0 spiro atoms. The summed E-state index contributed by atoms with van der Waals surface area (Å²) in [5.74, 6) is 9.96. The van der Waals surface area contributed by atoms with E-state index in [1.807, 2.05) is 12.1 Å². The van der Waals surface area contributed by atoms with Crippen molar-refractivity contribution in [3.63, 3.8) is 0 Å². The smallest absolute Gasteiger partial charge is 0.258 e. The molecule has 8 aliphatic heterocycles. The van der Waals surface area contributed by atoms with Crippen LogP contribution in [-0.4, -0.2) is 180 Å². The SMILES string of the molecule is CC1(c2nc(N3CCC(c4ccccc4N4CCC4)CC3)c3cc(Br)ccc3n2)CC1.CC1(c2nc(N3CCC(c4ccccc4N4CCC4)CC3)c3cc(NCCO[Si](C)(C)C(C)(C)C)ccc3n2)CC1.CC1(c2nc3ccc(Br)cc3c(=O)[nH]2)CC1.CCCN(C)c1ccc2nc(C3(C)CC3)nc(N3CCC(c4ccccc4N4CCC4)CC3)c2c1.c1ccc(N2CCC2)c(C2CCNCC2)c1. The van der Waals surface area contributed by atoms with Crippen molar-refractivity contribution in [1.29, 1.82) is 0 Å². The molecule has 23 heteroatoms. The third-order valence-electron chi connectivity index (χ3n) is 33.5. The molecule has 12 aliphatic rings. The van der Waals surface area contributed by atoms with Gasteiger partial charge in [-0.2, -0.15) is 0 Å². The molecular weight excluding hydrogens is 1870 g/mol. The van der Waals surface area contributed by atoms with Gasteiger partial charge < -0.3 is 59.2 Å². The van der Waals surface area contributed by atoms with Crippen LogP contribution in [0.5, 0.6) is 0 Å². The van der Waals surface area contributed by atoms with E-state index in [0.29, 0.717) is 23.1 Å². The van der Waals surface area contributed by atoms with E-state index in [2.05, 4.69) is 319 Å². The lowest BCUT2D eigenvalue weighted by Crippen LogP contribution is -2.41. The molecule has 0 bridgehead atoms. The van der Waals surface area contributed by atoms with Crippen molar-refractivity contribution < 1.29 is 4.43 Å². The van der Waals surface area contributed by atoms with Crippen molar-refractivity contribution in [3.05, 3.63) is 235 Å². The van der Waals surface area contributed by atoms with Crippen molar-refractivity contribution in [2.75, 3.05) is 176 Å². The number of piperidine rings is 4. The number of nitrogens with zero attached hydrogens (tertiary/aromatic N) is 15. The first-order valence-electron chi connectivity index (χ1n) is 53.0. The molecule has 12 aromatic rings. The maximum Gasteiger partial charge on any atom is 0.258 e. The van der Waals surface area contributed by atoms with E-state index in [1.54, 1.807) is 22.8 Å². The molecule has 0 radical (unpaired) electrons. The lowest BCUT2D eigenvalue weighted by Gasteiger charge is -2.39. The van der Waals surface area contributed by atoms with Crippen LogP contribution in [0.3, 0.4) is 0 Å². The average molecular weight is 2010 g/mol. The molecule has 139 heavy (non-hydrogen) atoms. The summed E-state index contributed by atoms with van der Waals surface area (Å²) < 4.78 is 8.39. The van der Waals surface area contributed by atoms with Gasteiger partial charge in [0, 0.05) is 193 Å². The Morgan fingerprint density at radius 1 is 0.417 bits per heavy atom. The van der Waals surface area contributed by atoms with Gasteiger partial charge in [-0.1, -0.05) is 160 Å². The van der Waals surface area contributed by atoms with E-state index >= 15 is 0 Å². The van der Waals surface area contributed by atoms with Gasteiger partial charge in [-0.3, -0.25) is 4.79 Å². The molecule has 4 aromatic heterocycles. The van der Waals surface area contributed by atoms with Crippen LogP contribution >= 0.6 is 31.9 Å². The second-order valence-corrected chi connectivity index (χ2v) is 51.5. The Bertz CT molecular complexity index is 6420. The van der Waals surface area contributed by atoms with Gasteiger partial charge in [0.25, 0.3) is 5.56 Å². The minimum absolute atomic E-state index is 0.0468. The van der Waals surface area contributed by atoms with Crippen LogP contribution in [-0.2, 0) is 26.1 Å². The van der Waals surface area contributed by atoms with E-state index < -0.39 is 8.32 Å². The highest BCUT2D eigenvalue weighted by Gasteiger charge is 2.47. The van der Waals surface area contributed by atoms with Crippen LogP contribution in [0.25, 0.3) is 43.6 Å². The minimum Gasteiger partial charge on any atom is -0.415 e. The molecule has 0 amide bonds. The zero-order valence-electron chi connectivity index (χ0n) is 84.5. The average Bonchev–Trinajstić information content (AvgIpc) is 1.60. The number of hydrogen-bond acceptors (Lipinski definition) is 19. The molecule has 12 heterocycles. The van der Waals surface area contributed by atoms with E-state index in [0.717, 1.165) is 180 Å². The number of aromatic amines is 1. The summed E-state index contributed by atoms with van der Waals surface area (Å²) in [6.45, 7) is 43.7. The molecule has 24 rings (SSSR count). The Labute approximate surface area is 843 Å². The van der Waals surface area contributed by atoms with E-state index in [9.17, 15) is 4.79 Å². The standard InChI is InChI=1S/C34H49N5OSi.C30H39N5.C26H29BrN4.C14H20N2.C12H11BrN2O/c1-33(2,3)41(5,6)40-23-18-35-26-12-13-29-28(24-26)31(37-32(36-29)34(4)16-17-34)39-21-14-25(15-22-39)27-10-7-8-11-30(27)38-19-9-20-38;1-4-16-33(3)23-10-11-26-25(21-23)28(32-29(31-26)30(2)14-15-30)35-19-12-22(13-20-35)24-8-5-6-9-27(24)34-17-7-18-34;1-26(11-12-26)25-28-22-8-7-19(27)17-21(22)24(29-25)31-15-9-18(10-16-31)20-5-2-3-6-23(20)30-13-4-14-30;1-2-5-14(16-10-3-11-16)13(4-1)12-6-8-15-9-7-12;1-12(4-5-12)11-14-9-3-2-7(13)6-8(9)10(16)15-11/h7-8,10-13,24-25,35H,9,14-23H2,1-6H3;5-6,8-11,21-22H,4,7,12-20H2,1-3H3;2-3,5-8,17-18H,4,9-16H2,1H3;1-2,4-5,12,15H,3,6-11H2;2-3,6H,4-5H2,1H3,(H,14,15,16). The molecule has 20 nitrogen and oxygen atoms in total. The van der Waals surface area contributed by atoms with Gasteiger partial charge in [-0.05, 0) is 309 Å². The second-order valence-electron chi connectivity index (χ2n) is 44.9. The molecule has 12 fully saturated rings. The normalized spacial score (nSPS) is 19.8. The Balaban J connectivity index is 0.000000111. The van der Waals surface area contributed by atoms with Gasteiger partial charge in [0.1, 0.15) is 40.8 Å². The number of H-pyrrole nitrogens is 1. The van der Waals surface area contributed by atoms with E-state index in [1.165, 1.54) is 213 Å². The molecular formula is C116H148Br2N18O2Si. The van der Waals surface area contributed by atoms with Gasteiger partial charge in [0.2, 0.25) is 0 Å². The van der Waals surface area contributed by atoms with Crippen molar-refractivity contribution >= 4 is 135 Å². The van der Waals surface area contributed by atoms with Crippen LogP contribution < -0.4 is 55.4 Å². The predicted octanol–water partition coefficient (Wildman–Crippen LogP) is 25.0. The van der Waals surface area contributed by atoms with E-state index in [4.69, 9.17) is 34.3 Å². The fourth-order valence-electron chi connectivity index (χ4n) is 21.5. The summed E-state index contributed by atoms with van der Waals surface area (Å²) in [5.41, 5.74) is 19.0. The number of halogens is 2. The second kappa shape index (κ2) is 40.9. The number of aromatic nitrogens is 8. The Kier molecular flexibility index (Phi) is 28.5. The summed E-state index contributed by atoms with van der Waals surface area (Å²) in [6, 6.07) is 61.7. The summed E-state index contributed by atoms with van der Waals surface area (Å²) >= 11 is 7.01. The largest absolute Gasteiger partial charge is 0.415 e. The number of benzene rings is 8. The molecule has 8 saturated heterocycles. The van der Waals surface area contributed by atoms with Crippen molar-refractivity contribution in [2.24, 2.45) is 0 Å². The first-order valence-corrected chi connectivity index (χ1v) is 57.5. The van der Waals surface area contributed by atoms with Gasteiger partial charge in [-0.25, -0.2) is 34.9 Å². The Morgan fingerprint density at radius 3 is 1.13 bits per heavy atom. The summed E-state index contributed by atoms with van der Waals surface area (Å²) in [6.07, 6.45) is 25.5. The maximum absolute atomic E-state index is 11.9. The molecule has 0 atom stereocenters. The molecule has 8 aromatic carbocycles. The van der Waals surface area contributed by atoms with Crippen LogP contribution in [0, 0.1) is 0 Å². The maximum atomic E-state index is 11.9. The highest BCUT2D eigenvalue weighted by Crippen LogP contribution is 2.53. The molecule has 732 valence electrons. The van der Waals surface area contributed by atoms with Gasteiger partial charge in [0.15, 0.2) is 8.32 Å². The topological polar surface area (TPSA) is 182 Å². The Hall–Kier alpha value is -9.78. The van der Waals surface area contributed by atoms with Crippen LogP contribution in [0.1, 0.15) is 259 Å². The zero-order valence-corrected chi connectivity index (χ0v) is 88.7. The Morgan fingerprint density at radius 2 is 0.763 bits per heavy atom. The van der Waals surface area contributed by atoms with Crippen molar-refractivity contribution in [2.45, 2.75) is 254 Å². The van der Waals surface area contributed by atoms with Gasteiger partial charge in [-0.15, -0.1) is 0 Å². The quantitative estimate of drug-likeness (QED) is 0.0406. The van der Waals surface area contributed by atoms with Crippen LogP contribution in [0.2, 0.25) is 18.1 Å². The molecule has 4 saturated carbocycles. The van der Waals surface area contributed by atoms with E-state index in [-0.39, 0.29) is 32.3 Å². The summed E-state index contributed by atoms with van der Waals surface area (Å²) in [5, 5.41) is 11.5. The molecule has 4 aliphatic carbocycles. The number of para-hydroxylation sites is 4. The van der Waals surface area contributed by atoms with Crippen LogP contribution in [0.15, 0.2) is 184 Å². The minimum atomic E-state index is -1.75. The third kappa shape index (κ3) is 21.5. The van der Waals surface area contributed by atoms with Gasteiger partial charge in [0.05, 0.1) is 34.1 Å². The molecule has 3 N–H and O–H groups in total. The monoisotopic (exact) mass is 2010 g/mol. The number of hydrogen-bond donors (Lipinski definition) is 3. The summed E-state index contributed by atoms with van der Waals surface area (Å²) in [4.78, 5) is 70.2. The van der Waals surface area contributed by atoms with Crippen molar-refractivity contribution in [3.8, 4) is 0 Å². The highest BCUT2D eigenvalue weighted by molar-refractivity contribution is 9.10. The summed E-state index contributed by atoms with van der Waals surface area (Å²) in [7, 11) is 0.441. The fourth-order valence-corrected chi connectivity index (χ4v) is 23.2. The number of fused-ring (bicyclic) bond motifs is 4. The predicted molar refractivity (Wildman–Crippen MR) is 588 cm³/mol. The van der Waals surface area contributed by atoms with Crippen molar-refractivity contribution in [1.82, 2.24) is 45.2 Å². The number of rotatable bonds is 23. The zero-order chi connectivity index (χ0) is 96.0.